The molecule has 0 aliphatic heterocycles. The standard InChI is InChI=1S/C14H9ClN2O2S/c15-12-6-9(8-20-12)13-11(14(18)19)7-17(16-13)10-4-2-1-3-5-10/h1-8H,(H,18,19). The second-order valence-corrected chi connectivity index (χ2v) is 5.66. The van der Waals surface area contributed by atoms with Gasteiger partial charge in [0.25, 0.3) is 0 Å². The fraction of sp³-hybridized carbons (Fsp3) is 0. The fourth-order valence-corrected chi connectivity index (χ4v) is 2.76. The summed E-state index contributed by atoms with van der Waals surface area (Å²) in [6, 6.07) is 11.1. The van der Waals surface area contributed by atoms with Gasteiger partial charge in [-0.05, 0) is 18.2 Å². The number of rotatable bonds is 3. The van der Waals surface area contributed by atoms with Crippen LogP contribution >= 0.6 is 22.9 Å². The third kappa shape index (κ3) is 2.33. The first-order chi connectivity index (χ1) is 9.65. The van der Waals surface area contributed by atoms with Crippen LogP contribution in [0.2, 0.25) is 4.34 Å². The molecule has 3 aromatic rings. The van der Waals surface area contributed by atoms with E-state index < -0.39 is 5.97 Å². The minimum absolute atomic E-state index is 0.156. The quantitative estimate of drug-likeness (QED) is 0.797. The van der Waals surface area contributed by atoms with Crippen LogP contribution in [0, 0.1) is 0 Å². The van der Waals surface area contributed by atoms with Crippen LogP contribution in [0.4, 0.5) is 0 Å². The van der Waals surface area contributed by atoms with Crippen LogP contribution in [0.5, 0.6) is 0 Å². The molecule has 3 rings (SSSR count). The average molecular weight is 305 g/mol. The van der Waals surface area contributed by atoms with Gasteiger partial charge in [0, 0.05) is 17.1 Å². The minimum Gasteiger partial charge on any atom is -0.478 e. The number of aromatic nitrogens is 2. The van der Waals surface area contributed by atoms with E-state index in [4.69, 9.17) is 11.6 Å². The molecule has 0 unspecified atom stereocenters. The number of carboxylic acids is 1. The van der Waals surface area contributed by atoms with Gasteiger partial charge in [0.05, 0.1) is 10.0 Å². The maximum absolute atomic E-state index is 11.4. The highest BCUT2D eigenvalue weighted by atomic mass is 35.5. The maximum atomic E-state index is 11.4. The van der Waals surface area contributed by atoms with Crippen LogP contribution in [-0.2, 0) is 0 Å². The fourth-order valence-electron chi connectivity index (χ4n) is 1.89. The molecule has 0 atom stereocenters. The van der Waals surface area contributed by atoms with Crippen LogP contribution < -0.4 is 0 Å². The zero-order valence-corrected chi connectivity index (χ0v) is 11.7. The second kappa shape index (κ2) is 5.11. The summed E-state index contributed by atoms with van der Waals surface area (Å²) in [6.45, 7) is 0. The molecule has 6 heteroatoms. The van der Waals surface area contributed by atoms with Gasteiger partial charge < -0.3 is 5.11 Å². The molecule has 1 N–H and O–H groups in total. The SMILES string of the molecule is O=C(O)c1cn(-c2ccccc2)nc1-c1csc(Cl)c1. The van der Waals surface area contributed by atoms with Crippen LogP contribution in [0.3, 0.4) is 0 Å². The van der Waals surface area contributed by atoms with Gasteiger partial charge in [-0.15, -0.1) is 11.3 Å². The summed E-state index contributed by atoms with van der Waals surface area (Å²) in [5.74, 6) is -1.01. The van der Waals surface area contributed by atoms with E-state index in [0.29, 0.717) is 15.6 Å². The Morgan fingerprint density at radius 2 is 2.05 bits per heavy atom. The van der Waals surface area contributed by atoms with Gasteiger partial charge in [0.2, 0.25) is 0 Å². The minimum atomic E-state index is -1.01. The Morgan fingerprint density at radius 3 is 2.65 bits per heavy atom. The summed E-state index contributed by atoms with van der Waals surface area (Å²) in [6.07, 6.45) is 1.51. The van der Waals surface area contributed by atoms with Crippen molar-refractivity contribution in [3.8, 4) is 16.9 Å². The Morgan fingerprint density at radius 1 is 1.30 bits per heavy atom. The lowest BCUT2D eigenvalue weighted by Gasteiger charge is -1.99. The van der Waals surface area contributed by atoms with Gasteiger partial charge in [0.15, 0.2) is 0 Å². The number of para-hydroxylation sites is 1. The number of aromatic carboxylic acids is 1. The summed E-state index contributed by atoms with van der Waals surface area (Å²) in [5.41, 5.74) is 2.10. The first-order valence-corrected chi connectivity index (χ1v) is 7.03. The number of hydrogen-bond donors (Lipinski definition) is 1. The Kier molecular flexibility index (Phi) is 3.30. The van der Waals surface area contributed by atoms with Crippen molar-refractivity contribution in [3.63, 3.8) is 0 Å². The summed E-state index contributed by atoms with van der Waals surface area (Å²) in [4.78, 5) is 11.4. The molecule has 0 amide bonds. The van der Waals surface area contributed by atoms with Crippen LogP contribution in [0.1, 0.15) is 10.4 Å². The highest BCUT2D eigenvalue weighted by Gasteiger charge is 2.18. The molecule has 4 nitrogen and oxygen atoms in total. The molecule has 1 aromatic carbocycles. The van der Waals surface area contributed by atoms with Crippen LogP contribution in [0.15, 0.2) is 48.0 Å². The summed E-state index contributed by atoms with van der Waals surface area (Å²) >= 11 is 7.25. The number of nitrogens with zero attached hydrogens (tertiary/aromatic N) is 2. The number of benzene rings is 1. The Balaban J connectivity index is 2.15. The Labute approximate surface area is 123 Å². The van der Waals surface area contributed by atoms with Crippen molar-refractivity contribution < 1.29 is 9.90 Å². The topological polar surface area (TPSA) is 55.1 Å². The van der Waals surface area contributed by atoms with E-state index in [9.17, 15) is 9.90 Å². The number of carboxylic acid groups (broad SMARTS) is 1. The van der Waals surface area contributed by atoms with Crippen LogP contribution in [0.25, 0.3) is 16.9 Å². The molecule has 100 valence electrons. The van der Waals surface area contributed by atoms with Crippen molar-refractivity contribution in [2.24, 2.45) is 0 Å². The van der Waals surface area contributed by atoms with Gasteiger partial charge in [-0.2, -0.15) is 5.10 Å². The molecule has 0 radical (unpaired) electrons. The number of thiophene rings is 1. The van der Waals surface area contributed by atoms with Crippen molar-refractivity contribution >= 4 is 28.9 Å². The monoisotopic (exact) mass is 304 g/mol. The first kappa shape index (κ1) is 12.9. The van der Waals surface area contributed by atoms with Gasteiger partial charge in [-0.25, -0.2) is 9.48 Å². The summed E-state index contributed by atoms with van der Waals surface area (Å²) in [5, 5.41) is 15.5. The molecule has 20 heavy (non-hydrogen) atoms. The molecule has 2 aromatic heterocycles. The van der Waals surface area contributed by atoms with Crippen molar-refractivity contribution in [2.45, 2.75) is 0 Å². The van der Waals surface area contributed by atoms with E-state index in [-0.39, 0.29) is 5.56 Å². The molecular weight excluding hydrogens is 296 g/mol. The molecule has 0 bridgehead atoms. The Bertz CT molecular complexity index is 765. The van der Waals surface area contributed by atoms with Crippen LogP contribution in [-0.4, -0.2) is 20.9 Å². The number of halogens is 1. The lowest BCUT2D eigenvalue weighted by Crippen LogP contribution is -1.96. The third-order valence-electron chi connectivity index (χ3n) is 2.81. The van der Waals surface area contributed by atoms with E-state index in [2.05, 4.69) is 5.10 Å². The van der Waals surface area contributed by atoms with E-state index >= 15 is 0 Å². The van der Waals surface area contributed by atoms with Crippen molar-refractivity contribution in [3.05, 3.63) is 57.9 Å². The van der Waals surface area contributed by atoms with Gasteiger partial charge in [-0.1, -0.05) is 29.8 Å². The molecular formula is C14H9ClN2O2S. The number of carbonyl (C=O) groups is 1. The highest BCUT2D eigenvalue weighted by Crippen LogP contribution is 2.30. The third-order valence-corrected chi connectivity index (χ3v) is 3.90. The lowest BCUT2D eigenvalue weighted by molar-refractivity contribution is 0.0697. The van der Waals surface area contributed by atoms with Crippen molar-refractivity contribution in [2.75, 3.05) is 0 Å². The molecule has 0 aliphatic carbocycles. The molecule has 0 saturated carbocycles. The first-order valence-electron chi connectivity index (χ1n) is 5.78. The van der Waals surface area contributed by atoms with Crippen molar-refractivity contribution in [1.82, 2.24) is 9.78 Å². The van der Waals surface area contributed by atoms with Gasteiger partial charge in [-0.3, -0.25) is 0 Å². The normalized spacial score (nSPS) is 10.7. The van der Waals surface area contributed by atoms with E-state index in [1.165, 1.54) is 17.5 Å². The highest BCUT2D eigenvalue weighted by molar-refractivity contribution is 7.14. The largest absolute Gasteiger partial charge is 0.478 e. The Hall–Kier alpha value is -2.11. The van der Waals surface area contributed by atoms with Gasteiger partial charge in [0.1, 0.15) is 11.3 Å². The molecule has 0 saturated heterocycles. The predicted octanol–water partition coefficient (Wildman–Crippen LogP) is 3.95. The maximum Gasteiger partial charge on any atom is 0.339 e. The second-order valence-electron chi connectivity index (χ2n) is 4.12. The van der Waals surface area contributed by atoms with E-state index in [0.717, 1.165) is 5.69 Å². The molecule has 0 aliphatic rings. The summed E-state index contributed by atoms with van der Waals surface area (Å²) < 4.78 is 2.16. The van der Waals surface area contributed by atoms with Crippen molar-refractivity contribution in [1.29, 1.82) is 0 Å². The zero-order chi connectivity index (χ0) is 14.1. The molecule has 0 spiro atoms. The van der Waals surface area contributed by atoms with Gasteiger partial charge >= 0.3 is 5.97 Å². The summed E-state index contributed by atoms with van der Waals surface area (Å²) in [7, 11) is 0. The molecule has 2 heterocycles. The van der Waals surface area contributed by atoms with E-state index in [1.54, 1.807) is 16.1 Å². The number of hydrogen-bond acceptors (Lipinski definition) is 3. The zero-order valence-electron chi connectivity index (χ0n) is 10.2. The lowest BCUT2D eigenvalue weighted by atomic mass is 10.1. The van der Waals surface area contributed by atoms with E-state index in [1.807, 2.05) is 30.3 Å². The molecule has 0 fully saturated rings. The average Bonchev–Trinajstić information content (AvgIpc) is 3.05. The predicted molar refractivity (Wildman–Crippen MR) is 78.8 cm³/mol. The smallest absolute Gasteiger partial charge is 0.339 e.